The standard InChI is InChI=1S/C16H22N4O/c1-4-20(5-2)16(17)18-10-14-11-21-15(19-14)13-8-6-12(3)7-9-13/h6-9,11H,4-5,10H2,1-3H3,(H2,17,18). The van der Waals surface area contributed by atoms with Gasteiger partial charge in [-0.25, -0.2) is 9.98 Å². The zero-order valence-corrected chi connectivity index (χ0v) is 12.8. The van der Waals surface area contributed by atoms with Gasteiger partial charge in [-0.2, -0.15) is 0 Å². The van der Waals surface area contributed by atoms with E-state index in [0.717, 1.165) is 24.3 Å². The summed E-state index contributed by atoms with van der Waals surface area (Å²) in [5, 5.41) is 0. The van der Waals surface area contributed by atoms with Gasteiger partial charge in [-0.3, -0.25) is 0 Å². The molecule has 0 aliphatic rings. The van der Waals surface area contributed by atoms with Crippen LogP contribution in [-0.2, 0) is 6.54 Å². The molecule has 0 saturated heterocycles. The lowest BCUT2D eigenvalue weighted by Crippen LogP contribution is -2.37. The van der Waals surface area contributed by atoms with Crippen LogP contribution in [0.5, 0.6) is 0 Å². The molecule has 5 nitrogen and oxygen atoms in total. The molecule has 1 heterocycles. The van der Waals surface area contributed by atoms with E-state index in [4.69, 9.17) is 10.2 Å². The second-order valence-corrected chi connectivity index (χ2v) is 4.86. The van der Waals surface area contributed by atoms with E-state index in [1.54, 1.807) is 6.26 Å². The van der Waals surface area contributed by atoms with Crippen LogP contribution in [0.4, 0.5) is 0 Å². The van der Waals surface area contributed by atoms with Crippen LogP contribution in [0.3, 0.4) is 0 Å². The van der Waals surface area contributed by atoms with Gasteiger partial charge in [0.15, 0.2) is 5.96 Å². The summed E-state index contributed by atoms with van der Waals surface area (Å²) in [7, 11) is 0. The summed E-state index contributed by atoms with van der Waals surface area (Å²) >= 11 is 0. The van der Waals surface area contributed by atoms with Gasteiger partial charge in [-0.15, -0.1) is 0 Å². The Morgan fingerprint density at radius 2 is 1.90 bits per heavy atom. The number of aryl methyl sites for hydroxylation is 1. The van der Waals surface area contributed by atoms with Crippen LogP contribution in [0.15, 0.2) is 39.9 Å². The van der Waals surface area contributed by atoms with Crippen molar-refractivity contribution >= 4 is 5.96 Å². The fourth-order valence-electron chi connectivity index (χ4n) is 2.02. The van der Waals surface area contributed by atoms with Gasteiger partial charge in [-0.05, 0) is 32.9 Å². The molecule has 0 aliphatic carbocycles. The molecule has 2 rings (SSSR count). The molecule has 0 unspecified atom stereocenters. The van der Waals surface area contributed by atoms with Crippen molar-refractivity contribution < 1.29 is 4.42 Å². The van der Waals surface area contributed by atoms with Crippen LogP contribution < -0.4 is 5.73 Å². The van der Waals surface area contributed by atoms with Crippen LogP contribution in [0.25, 0.3) is 11.5 Å². The number of rotatable bonds is 5. The van der Waals surface area contributed by atoms with Gasteiger partial charge in [0.1, 0.15) is 12.0 Å². The highest BCUT2D eigenvalue weighted by atomic mass is 16.3. The van der Waals surface area contributed by atoms with Crippen molar-refractivity contribution in [3.05, 3.63) is 41.8 Å². The maximum atomic E-state index is 5.94. The highest BCUT2D eigenvalue weighted by Gasteiger charge is 2.07. The Morgan fingerprint density at radius 3 is 2.52 bits per heavy atom. The fraction of sp³-hybridized carbons (Fsp3) is 0.375. The van der Waals surface area contributed by atoms with E-state index in [1.807, 2.05) is 29.2 Å². The lowest BCUT2D eigenvalue weighted by Gasteiger charge is -2.18. The van der Waals surface area contributed by atoms with Gasteiger partial charge < -0.3 is 15.1 Å². The molecule has 0 saturated carbocycles. The first-order valence-corrected chi connectivity index (χ1v) is 7.20. The molecule has 2 N–H and O–H groups in total. The summed E-state index contributed by atoms with van der Waals surface area (Å²) in [5.41, 5.74) is 8.89. The molecular formula is C16H22N4O. The smallest absolute Gasteiger partial charge is 0.226 e. The summed E-state index contributed by atoms with van der Waals surface area (Å²) in [4.78, 5) is 10.8. The van der Waals surface area contributed by atoms with Crippen LogP contribution in [0, 0.1) is 6.92 Å². The van der Waals surface area contributed by atoms with Crippen LogP contribution >= 0.6 is 0 Å². The first-order valence-electron chi connectivity index (χ1n) is 7.20. The first-order chi connectivity index (χ1) is 10.1. The Kier molecular flexibility index (Phi) is 4.98. The Balaban J connectivity index is 2.07. The van der Waals surface area contributed by atoms with Gasteiger partial charge in [0.05, 0.1) is 6.54 Å². The van der Waals surface area contributed by atoms with E-state index in [0.29, 0.717) is 18.4 Å². The third kappa shape index (κ3) is 3.84. The number of nitrogens with zero attached hydrogens (tertiary/aromatic N) is 3. The lowest BCUT2D eigenvalue weighted by molar-refractivity contribution is 0.458. The number of aliphatic imine (C=N–C) groups is 1. The Morgan fingerprint density at radius 1 is 1.24 bits per heavy atom. The predicted molar refractivity (Wildman–Crippen MR) is 84.9 cm³/mol. The number of hydrogen-bond donors (Lipinski definition) is 1. The Bertz CT molecular complexity index is 597. The van der Waals surface area contributed by atoms with Gasteiger partial charge in [-0.1, -0.05) is 17.7 Å². The SMILES string of the molecule is CCN(CC)C(N)=NCc1coc(-c2ccc(C)cc2)n1. The average Bonchev–Trinajstić information content (AvgIpc) is 2.96. The topological polar surface area (TPSA) is 67.7 Å². The van der Waals surface area contributed by atoms with E-state index in [1.165, 1.54) is 5.56 Å². The van der Waals surface area contributed by atoms with Crippen molar-refractivity contribution in [2.24, 2.45) is 10.7 Å². The van der Waals surface area contributed by atoms with Crippen molar-refractivity contribution in [1.29, 1.82) is 0 Å². The summed E-state index contributed by atoms with van der Waals surface area (Å²) in [5.74, 6) is 1.15. The summed E-state index contributed by atoms with van der Waals surface area (Å²) in [6.07, 6.45) is 1.63. The van der Waals surface area contributed by atoms with Crippen LogP contribution in [-0.4, -0.2) is 28.9 Å². The van der Waals surface area contributed by atoms with Crippen molar-refractivity contribution in [3.63, 3.8) is 0 Å². The van der Waals surface area contributed by atoms with Crippen molar-refractivity contribution in [3.8, 4) is 11.5 Å². The van der Waals surface area contributed by atoms with Gasteiger partial charge in [0.25, 0.3) is 0 Å². The minimum Gasteiger partial charge on any atom is -0.444 e. The quantitative estimate of drug-likeness (QED) is 0.678. The van der Waals surface area contributed by atoms with Crippen LogP contribution in [0.1, 0.15) is 25.1 Å². The normalized spacial score (nSPS) is 11.7. The minimum atomic E-state index is 0.428. The number of guanidine groups is 1. The minimum absolute atomic E-state index is 0.428. The monoisotopic (exact) mass is 286 g/mol. The molecule has 0 atom stereocenters. The lowest BCUT2D eigenvalue weighted by atomic mass is 10.1. The zero-order valence-electron chi connectivity index (χ0n) is 12.8. The maximum absolute atomic E-state index is 5.94. The second kappa shape index (κ2) is 6.92. The molecule has 5 heteroatoms. The molecule has 0 radical (unpaired) electrons. The average molecular weight is 286 g/mol. The Labute approximate surface area is 125 Å². The summed E-state index contributed by atoms with van der Waals surface area (Å²) < 4.78 is 5.50. The van der Waals surface area contributed by atoms with Crippen LogP contribution in [0.2, 0.25) is 0 Å². The van der Waals surface area contributed by atoms with Crippen molar-refractivity contribution in [2.45, 2.75) is 27.3 Å². The molecular weight excluding hydrogens is 264 g/mol. The summed E-state index contributed by atoms with van der Waals surface area (Å²) in [6.45, 7) is 8.28. The number of nitrogens with two attached hydrogens (primary N) is 1. The molecule has 1 aromatic heterocycles. The molecule has 0 bridgehead atoms. The molecule has 1 aromatic carbocycles. The highest BCUT2D eigenvalue weighted by Crippen LogP contribution is 2.19. The number of benzene rings is 1. The largest absolute Gasteiger partial charge is 0.444 e. The third-order valence-electron chi connectivity index (χ3n) is 3.34. The van der Waals surface area contributed by atoms with Gasteiger partial charge >= 0.3 is 0 Å². The first kappa shape index (κ1) is 15.1. The Hall–Kier alpha value is -2.30. The zero-order chi connectivity index (χ0) is 15.2. The highest BCUT2D eigenvalue weighted by molar-refractivity contribution is 5.77. The van der Waals surface area contributed by atoms with E-state index < -0.39 is 0 Å². The number of oxazole rings is 1. The van der Waals surface area contributed by atoms with Gasteiger partial charge in [0.2, 0.25) is 5.89 Å². The van der Waals surface area contributed by atoms with E-state index in [2.05, 4.69) is 30.7 Å². The second-order valence-electron chi connectivity index (χ2n) is 4.86. The fourth-order valence-corrected chi connectivity index (χ4v) is 2.02. The van der Waals surface area contributed by atoms with Crippen molar-refractivity contribution in [1.82, 2.24) is 9.88 Å². The molecule has 0 aliphatic heterocycles. The molecule has 0 fully saturated rings. The number of aromatic nitrogens is 1. The molecule has 2 aromatic rings. The summed E-state index contributed by atoms with van der Waals surface area (Å²) in [6, 6.07) is 8.07. The number of hydrogen-bond acceptors (Lipinski definition) is 3. The van der Waals surface area contributed by atoms with E-state index >= 15 is 0 Å². The maximum Gasteiger partial charge on any atom is 0.226 e. The molecule has 21 heavy (non-hydrogen) atoms. The van der Waals surface area contributed by atoms with E-state index in [-0.39, 0.29) is 0 Å². The molecule has 0 amide bonds. The van der Waals surface area contributed by atoms with Gasteiger partial charge in [0, 0.05) is 18.7 Å². The molecule has 0 spiro atoms. The third-order valence-corrected chi connectivity index (χ3v) is 3.34. The molecule has 112 valence electrons. The van der Waals surface area contributed by atoms with E-state index in [9.17, 15) is 0 Å². The van der Waals surface area contributed by atoms with Crippen molar-refractivity contribution in [2.75, 3.05) is 13.1 Å². The predicted octanol–water partition coefficient (Wildman–Crippen LogP) is 2.81.